The number of nitrogens with one attached hydrogen (secondary N) is 1. The third-order valence-electron chi connectivity index (χ3n) is 6.26. The van der Waals surface area contributed by atoms with Gasteiger partial charge in [-0.15, -0.1) is 0 Å². The molecule has 0 aliphatic rings. The Kier molecular flexibility index (Phi) is 29.2. The second-order valence-corrected chi connectivity index (χ2v) is 9.56. The van der Waals surface area contributed by atoms with Crippen LogP contribution in [0.5, 0.6) is 0 Å². The second kappa shape index (κ2) is 29.7. The molecule has 210 valence electrons. The monoisotopic (exact) mass is 501 g/mol. The van der Waals surface area contributed by atoms with Gasteiger partial charge in [-0.2, -0.15) is 0 Å². The number of ether oxygens (including phenoxy) is 4. The van der Waals surface area contributed by atoms with Gasteiger partial charge < -0.3 is 24.3 Å². The van der Waals surface area contributed by atoms with Crippen LogP contribution in [0.1, 0.15) is 111 Å². The zero-order valence-electron chi connectivity index (χ0n) is 23.6. The summed E-state index contributed by atoms with van der Waals surface area (Å²) in [5, 5.41) is 3.42. The van der Waals surface area contributed by atoms with E-state index in [0.717, 1.165) is 45.4 Å². The van der Waals surface area contributed by atoms with Crippen LogP contribution in [0.2, 0.25) is 0 Å². The van der Waals surface area contributed by atoms with E-state index in [-0.39, 0.29) is 18.3 Å². The first kappa shape index (κ1) is 34.5. The molecule has 0 saturated carbocycles. The van der Waals surface area contributed by atoms with E-state index in [1.54, 1.807) is 0 Å². The van der Waals surface area contributed by atoms with Crippen molar-refractivity contribution in [3.8, 4) is 0 Å². The highest BCUT2D eigenvalue weighted by Gasteiger charge is 2.17. The van der Waals surface area contributed by atoms with Crippen LogP contribution in [-0.4, -0.2) is 71.7 Å². The van der Waals surface area contributed by atoms with Gasteiger partial charge >= 0.3 is 0 Å². The Morgan fingerprint density at radius 1 is 0.543 bits per heavy atom. The molecule has 0 bridgehead atoms. The number of hydrogen-bond acceptors (Lipinski definition) is 6. The summed E-state index contributed by atoms with van der Waals surface area (Å²) in [6.45, 7) is 12.8. The normalized spacial score (nSPS) is 12.3. The Morgan fingerprint density at radius 2 is 1.00 bits per heavy atom. The Labute approximate surface area is 217 Å². The van der Waals surface area contributed by atoms with Gasteiger partial charge in [-0.25, -0.2) is 0 Å². The van der Waals surface area contributed by atoms with Gasteiger partial charge in [0.2, 0.25) is 0 Å². The molecule has 0 aliphatic heterocycles. The summed E-state index contributed by atoms with van der Waals surface area (Å²) in [5.41, 5.74) is 0. The van der Waals surface area contributed by atoms with Gasteiger partial charge in [-0.3, -0.25) is 4.79 Å². The molecule has 0 aliphatic carbocycles. The van der Waals surface area contributed by atoms with Gasteiger partial charge in [0, 0.05) is 12.5 Å². The van der Waals surface area contributed by atoms with Crippen LogP contribution in [0.3, 0.4) is 0 Å². The minimum atomic E-state index is 0.168. The Bertz CT molecular complexity index is 422. The SMILES string of the molecule is CCCCCCCNCCOCCOCCOCCOCC(=O)C(CCCCC)CCCCCC. The van der Waals surface area contributed by atoms with Crippen molar-refractivity contribution in [1.29, 1.82) is 0 Å². The Hall–Kier alpha value is -0.530. The van der Waals surface area contributed by atoms with E-state index < -0.39 is 0 Å². The van der Waals surface area contributed by atoms with E-state index in [1.165, 1.54) is 64.2 Å². The number of Topliss-reactive ketones (excluding diaryl/α,β-unsaturated/α-hetero) is 1. The number of carbonyl (C=O) groups is 1. The molecule has 6 nitrogen and oxygen atoms in total. The van der Waals surface area contributed by atoms with Gasteiger partial charge in [0.25, 0.3) is 0 Å². The van der Waals surface area contributed by atoms with Gasteiger partial charge in [-0.05, 0) is 25.8 Å². The smallest absolute Gasteiger partial charge is 0.161 e. The maximum atomic E-state index is 12.6. The molecule has 0 heterocycles. The average molecular weight is 502 g/mol. The fraction of sp³-hybridized carbons (Fsp3) is 0.966. The second-order valence-electron chi connectivity index (χ2n) is 9.56. The predicted molar refractivity (Wildman–Crippen MR) is 146 cm³/mol. The van der Waals surface area contributed by atoms with Crippen LogP contribution in [0.15, 0.2) is 0 Å². The lowest BCUT2D eigenvalue weighted by molar-refractivity contribution is -0.128. The predicted octanol–water partition coefficient (Wildman–Crippen LogP) is 6.35. The molecule has 0 aromatic heterocycles. The molecule has 1 N–H and O–H groups in total. The van der Waals surface area contributed by atoms with Gasteiger partial charge in [0.1, 0.15) is 6.61 Å². The lowest BCUT2D eigenvalue weighted by Gasteiger charge is -2.16. The van der Waals surface area contributed by atoms with Crippen molar-refractivity contribution in [1.82, 2.24) is 5.32 Å². The summed E-state index contributed by atoms with van der Waals surface area (Å²) < 4.78 is 22.2. The number of hydrogen-bond donors (Lipinski definition) is 1. The molecule has 0 amide bonds. The van der Waals surface area contributed by atoms with Gasteiger partial charge in [0.05, 0.1) is 46.2 Å². The van der Waals surface area contributed by atoms with Gasteiger partial charge in [-0.1, -0.05) is 91.4 Å². The fourth-order valence-corrected chi connectivity index (χ4v) is 4.00. The molecular weight excluding hydrogens is 442 g/mol. The number of carbonyl (C=O) groups excluding carboxylic acids is 1. The van der Waals surface area contributed by atoms with Crippen LogP contribution in [0.4, 0.5) is 0 Å². The van der Waals surface area contributed by atoms with Crippen LogP contribution in [0.25, 0.3) is 0 Å². The zero-order valence-corrected chi connectivity index (χ0v) is 23.6. The van der Waals surface area contributed by atoms with E-state index in [9.17, 15) is 4.79 Å². The minimum Gasteiger partial charge on any atom is -0.378 e. The third kappa shape index (κ3) is 26.3. The molecule has 0 fully saturated rings. The van der Waals surface area contributed by atoms with Crippen LogP contribution in [0, 0.1) is 5.92 Å². The van der Waals surface area contributed by atoms with Crippen molar-refractivity contribution in [2.45, 2.75) is 111 Å². The first-order valence-corrected chi connectivity index (χ1v) is 14.8. The Morgan fingerprint density at radius 3 is 1.60 bits per heavy atom. The van der Waals surface area contributed by atoms with Crippen LogP contribution >= 0.6 is 0 Å². The highest BCUT2D eigenvalue weighted by Crippen LogP contribution is 2.19. The van der Waals surface area contributed by atoms with E-state index in [4.69, 9.17) is 18.9 Å². The van der Waals surface area contributed by atoms with Gasteiger partial charge in [0.15, 0.2) is 5.78 Å². The molecule has 1 unspecified atom stereocenters. The van der Waals surface area contributed by atoms with Crippen molar-refractivity contribution in [2.75, 3.05) is 65.9 Å². The highest BCUT2D eigenvalue weighted by molar-refractivity contribution is 5.82. The minimum absolute atomic E-state index is 0.168. The van der Waals surface area contributed by atoms with Crippen molar-refractivity contribution in [3.05, 3.63) is 0 Å². The summed E-state index contributed by atoms with van der Waals surface area (Å²) in [6.07, 6.45) is 17.0. The standard InChI is InChI=1S/C29H59NO5/c1-4-7-10-12-15-18-30-19-20-32-21-22-33-23-24-34-25-26-35-27-29(31)28(16-13-9-6-3)17-14-11-8-5-2/h28,30H,4-27H2,1-3H3. The molecule has 0 aromatic rings. The molecule has 6 heteroatoms. The highest BCUT2D eigenvalue weighted by atomic mass is 16.6. The van der Waals surface area contributed by atoms with Crippen molar-refractivity contribution < 1.29 is 23.7 Å². The number of unbranched alkanes of at least 4 members (excludes halogenated alkanes) is 9. The summed E-state index contributed by atoms with van der Waals surface area (Å²) in [7, 11) is 0. The fourth-order valence-electron chi connectivity index (χ4n) is 4.00. The maximum Gasteiger partial charge on any atom is 0.161 e. The molecule has 0 spiro atoms. The topological polar surface area (TPSA) is 66.0 Å². The van der Waals surface area contributed by atoms with Crippen LogP contribution in [-0.2, 0) is 23.7 Å². The summed E-state index contributed by atoms with van der Waals surface area (Å²) in [5.74, 6) is 0.435. The average Bonchev–Trinajstić information content (AvgIpc) is 2.86. The summed E-state index contributed by atoms with van der Waals surface area (Å²) >= 11 is 0. The quantitative estimate of drug-likeness (QED) is 0.116. The van der Waals surface area contributed by atoms with Crippen molar-refractivity contribution >= 4 is 5.78 Å². The molecular formula is C29H59NO5. The largest absolute Gasteiger partial charge is 0.378 e. The van der Waals surface area contributed by atoms with Crippen molar-refractivity contribution in [3.63, 3.8) is 0 Å². The lowest BCUT2D eigenvalue weighted by Crippen LogP contribution is -2.22. The Balaban J connectivity index is 3.48. The third-order valence-corrected chi connectivity index (χ3v) is 6.26. The molecule has 35 heavy (non-hydrogen) atoms. The molecule has 0 aromatic carbocycles. The number of rotatable bonds is 30. The maximum absolute atomic E-state index is 12.6. The van der Waals surface area contributed by atoms with E-state index in [1.807, 2.05) is 0 Å². The van der Waals surface area contributed by atoms with E-state index in [2.05, 4.69) is 26.1 Å². The molecule has 0 rings (SSSR count). The first-order chi connectivity index (χ1) is 17.3. The zero-order chi connectivity index (χ0) is 25.7. The van der Waals surface area contributed by atoms with Crippen molar-refractivity contribution in [2.24, 2.45) is 5.92 Å². The lowest BCUT2D eigenvalue weighted by atomic mass is 9.91. The first-order valence-electron chi connectivity index (χ1n) is 14.8. The molecule has 0 radical (unpaired) electrons. The van der Waals surface area contributed by atoms with E-state index in [0.29, 0.717) is 39.6 Å². The number of ketones is 1. The summed E-state index contributed by atoms with van der Waals surface area (Å²) in [4.78, 5) is 12.6. The van der Waals surface area contributed by atoms with E-state index >= 15 is 0 Å². The summed E-state index contributed by atoms with van der Waals surface area (Å²) in [6, 6.07) is 0. The van der Waals surface area contributed by atoms with Crippen LogP contribution < -0.4 is 5.32 Å². The molecule has 1 atom stereocenters. The molecule has 0 saturated heterocycles.